The number of hydrogen-bond donors (Lipinski definition) is 0. The van der Waals surface area contributed by atoms with Gasteiger partial charge in [-0.3, -0.25) is 19.2 Å². The van der Waals surface area contributed by atoms with E-state index in [4.69, 9.17) is 23.2 Å². The molecule has 2 saturated carbocycles. The van der Waals surface area contributed by atoms with Crippen LogP contribution in [0.3, 0.4) is 0 Å². The van der Waals surface area contributed by atoms with Crippen LogP contribution in [0.2, 0.25) is 10.0 Å². The summed E-state index contributed by atoms with van der Waals surface area (Å²) in [7, 11) is 0. The maximum absolute atomic E-state index is 13.7. The Morgan fingerprint density at radius 1 is 0.943 bits per heavy atom. The molecule has 0 unspecified atom stereocenters. The highest BCUT2D eigenvalue weighted by atomic mass is 35.5. The number of Topliss-reactive ketones (excluding diaryl/α,β-unsaturated/α-hetero) is 1. The lowest BCUT2D eigenvalue weighted by Crippen LogP contribution is -2.52. The van der Waals surface area contributed by atoms with Crippen molar-refractivity contribution in [1.82, 2.24) is 10.0 Å². The van der Waals surface area contributed by atoms with E-state index in [-0.39, 0.29) is 28.2 Å². The van der Waals surface area contributed by atoms with Gasteiger partial charge in [0.2, 0.25) is 0 Å². The van der Waals surface area contributed by atoms with Gasteiger partial charge in [0.15, 0.2) is 5.78 Å². The fourth-order valence-electron chi connectivity index (χ4n) is 6.18. The van der Waals surface area contributed by atoms with E-state index in [0.29, 0.717) is 22.4 Å². The smallest absolute Gasteiger partial charge is 0.274 e. The van der Waals surface area contributed by atoms with E-state index in [2.05, 4.69) is 12.2 Å². The lowest BCUT2D eigenvalue weighted by atomic mass is 9.63. The SMILES string of the molecule is Cc1ccc(C(=O)CN(C(=O)c2ccc(Cl)cc2Cl)N2C(=O)[C@@H]3[C@H]4C=C[C@@H]([C@@H]5C[C@@H]45)[C@@H]3C2=O)cc1. The molecule has 8 heteroatoms. The fourth-order valence-corrected chi connectivity index (χ4v) is 6.67. The van der Waals surface area contributed by atoms with Crippen molar-refractivity contribution in [1.29, 1.82) is 0 Å². The Labute approximate surface area is 212 Å². The molecule has 6 atom stereocenters. The Kier molecular flexibility index (Phi) is 5.17. The summed E-state index contributed by atoms with van der Waals surface area (Å²) >= 11 is 12.3. The summed E-state index contributed by atoms with van der Waals surface area (Å²) in [5.41, 5.74) is 1.43. The number of allylic oxidation sites excluding steroid dienone is 2. The summed E-state index contributed by atoms with van der Waals surface area (Å²) in [6.07, 6.45) is 5.16. The van der Waals surface area contributed by atoms with E-state index < -0.39 is 36.1 Å². The molecule has 0 radical (unpaired) electrons. The second-order valence-corrected chi connectivity index (χ2v) is 10.8. The molecule has 7 rings (SSSR count). The molecule has 1 saturated heterocycles. The van der Waals surface area contributed by atoms with Gasteiger partial charge in [0.05, 0.1) is 22.4 Å². The Hall–Kier alpha value is -2.96. The minimum Gasteiger partial charge on any atom is -0.292 e. The molecule has 2 bridgehead atoms. The summed E-state index contributed by atoms with van der Waals surface area (Å²) in [4.78, 5) is 54.3. The number of hydrogen-bond acceptors (Lipinski definition) is 4. The average molecular weight is 509 g/mol. The molecule has 6 nitrogen and oxygen atoms in total. The molecule has 35 heavy (non-hydrogen) atoms. The Bertz CT molecular complexity index is 1280. The van der Waals surface area contributed by atoms with E-state index in [1.807, 2.05) is 6.92 Å². The van der Waals surface area contributed by atoms with Crippen LogP contribution < -0.4 is 0 Å². The van der Waals surface area contributed by atoms with Gasteiger partial charge in [0, 0.05) is 10.6 Å². The van der Waals surface area contributed by atoms with E-state index in [9.17, 15) is 19.2 Å². The summed E-state index contributed by atoms with van der Waals surface area (Å²) in [5.74, 6) is -2.06. The predicted molar refractivity (Wildman–Crippen MR) is 130 cm³/mol. The summed E-state index contributed by atoms with van der Waals surface area (Å²) in [6.45, 7) is 1.44. The van der Waals surface area contributed by atoms with Gasteiger partial charge >= 0.3 is 0 Å². The Morgan fingerprint density at radius 3 is 2.11 bits per heavy atom. The predicted octanol–water partition coefficient (Wildman–Crippen LogP) is 4.60. The van der Waals surface area contributed by atoms with Crippen molar-refractivity contribution in [3.63, 3.8) is 0 Å². The molecule has 4 aliphatic carbocycles. The highest BCUT2D eigenvalue weighted by Gasteiger charge is 2.68. The first-order chi connectivity index (χ1) is 16.8. The van der Waals surface area contributed by atoms with Crippen LogP contribution in [0.15, 0.2) is 54.6 Å². The highest BCUT2D eigenvalue weighted by molar-refractivity contribution is 6.36. The number of carbonyl (C=O) groups is 4. The number of carbonyl (C=O) groups excluding carboxylic acids is 4. The van der Waals surface area contributed by atoms with Crippen molar-refractivity contribution in [2.75, 3.05) is 6.54 Å². The van der Waals surface area contributed by atoms with Crippen LogP contribution in [0.1, 0.15) is 32.7 Å². The third-order valence-corrected chi connectivity index (χ3v) is 8.49. The van der Waals surface area contributed by atoms with Crippen molar-refractivity contribution in [3.8, 4) is 0 Å². The summed E-state index contributed by atoms with van der Waals surface area (Å²) in [5, 5.41) is 2.32. The minimum atomic E-state index is -0.696. The first kappa shape index (κ1) is 22.5. The topological polar surface area (TPSA) is 74.8 Å². The molecular weight excluding hydrogens is 487 g/mol. The van der Waals surface area contributed by atoms with E-state index >= 15 is 0 Å². The number of nitrogens with zero attached hydrogens (tertiary/aromatic N) is 2. The number of hydrazine groups is 1. The van der Waals surface area contributed by atoms with Gasteiger partial charge in [-0.05, 0) is 55.2 Å². The fraction of sp³-hybridized carbons (Fsp3) is 0.333. The molecule has 3 fully saturated rings. The zero-order valence-corrected chi connectivity index (χ0v) is 20.4. The molecule has 3 amide bonds. The van der Waals surface area contributed by atoms with Crippen LogP contribution in [-0.4, -0.2) is 40.1 Å². The molecule has 0 aromatic heterocycles. The highest BCUT2D eigenvalue weighted by Crippen LogP contribution is 2.65. The second kappa shape index (κ2) is 8.04. The molecule has 5 aliphatic rings. The Morgan fingerprint density at radius 2 is 1.54 bits per heavy atom. The van der Waals surface area contributed by atoms with Crippen LogP contribution in [0.4, 0.5) is 0 Å². The third-order valence-electron chi connectivity index (χ3n) is 7.94. The van der Waals surface area contributed by atoms with Gasteiger partial charge < -0.3 is 0 Å². The minimum absolute atomic E-state index is 0.000298. The lowest BCUT2D eigenvalue weighted by Gasteiger charge is -2.37. The second-order valence-electron chi connectivity index (χ2n) is 9.92. The first-order valence-corrected chi connectivity index (χ1v) is 12.4. The number of ketones is 1. The van der Waals surface area contributed by atoms with Crippen LogP contribution in [0, 0.1) is 42.4 Å². The number of halogens is 2. The van der Waals surface area contributed by atoms with Gasteiger partial charge in [-0.25, -0.2) is 5.01 Å². The molecule has 1 aliphatic heterocycles. The molecule has 2 aromatic carbocycles. The number of rotatable bonds is 5. The van der Waals surface area contributed by atoms with E-state index in [0.717, 1.165) is 22.0 Å². The molecule has 1 heterocycles. The number of benzene rings is 2. The number of aryl methyl sites for hydroxylation is 1. The maximum atomic E-state index is 13.7. The average Bonchev–Trinajstić information content (AvgIpc) is 3.61. The largest absolute Gasteiger partial charge is 0.292 e. The van der Waals surface area contributed by atoms with Crippen molar-refractivity contribution < 1.29 is 19.2 Å². The third kappa shape index (κ3) is 3.46. The molecular formula is C27H22Cl2N2O4. The Balaban J connectivity index is 1.38. The quantitative estimate of drug-likeness (QED) is 0.336. The van der Waals surface area contributed by atoms with Gasteiger partial charge in [-0.2, -0.15) is 5.01 Å². The van der Waals surface area contributed by atoms with Crippen LogP contribution in [0.5, 0.6) is 0 Å². The van der Waals surface area contributed by atoms with E-state index in [1.54, 1.807) is 24.3 Å². The van der Waals surface area contributed by atoms with Gasteiger partial charge in [-0.15, -0.1) is 0 Å². The maximum Gasteiger partial charge on any atom is 0.274 e. The molecule has 0 spiro atoms. The first-order valence-electron chi connectivity index (χ1n) is 11.7. The van der Waals surface area contributed by atoms with Gasteiger partial charge in [0.25, 0.3) is 17.7 Å². The zero-order valence-electron chi connectivity index (χ0n) is 18.9. The van der Waals surface area contributed by atoms with Gasteiger partial charge in [-0.1, -0.05) is 65.2 Å². The summed E-state index contributed by atoms with van der Waals surface area (Å²) < 4.78 is 0. The van der Waals surface area contributed by atoms with E-state index in [1.165, 1.54) is 18.2 Å². The van der Waals surface area contributed by atoms with Crippen molar-refractivity contribution in [2.24, 2.45) is 35.5 Å². The molecule has 178 valence electrons. The molecule has 0 N–H and O–H groups in total. The zero-order chi connectivity index (χ0) is 24.6. The number of imide groups is 1. The van der Waals surface area contributed by atoms with Crippen molar-refractivity contribution in [3.05, 3.63) is 81.4 Å². The van der Waals surface area contributed by atoms with Crippen molar-refractivity contribution >= 4 is 46.7 Å². The standard InChI is InChI=1S/C27H22Cl2N2O4/c1-13-2-4-14(5-3-13)22(32)12-30(25(33)18-7-6-15(28)10-21(18)29)31-26(34)23-16-8-9-17(20-11-19(16)20)24(23)27(31)35/h2-10,16-17,19-20,23-24H,11-12H2,1H3/t16-,17-,19-,20-,23-,24+/m0/s1. The van der Waals surface area contributed by atoms with Crippen LogP contribution in [-0.2, 0) is 9.59 Å². The van der Waals surface area contributed by atoms with Crippen LogP contribution >= 0.6 is 23.2 Å². The number of amides is 3. The normalized spacial score (nSPS) is 29.7. The van der Waals surface area contributed by atoms with Gasteiger partial charge in [0.1, 0.15) is 6.54 Å². The van der Waals surface area contributed by atoms with Crippen LogP contribution in [0.25, 0.3) is 0 Å². The van der Waals surface area contributed by atoms with Crippen molar-refractivity contribution in [2.45, 2.75) is 13.3 Å². The summed E-state index contributed by atoms with van der Waals surface area (Å²) in [6, 6.07) is 11.3. The molecule has 2 aromatic rings. The lowest BCUT2D eigenvalue weighted by molar-refractivity contribution is -0.154. The monoisotopic (exact) mass is 508 g/mol.